The van der Waals surface area contributed by atoms with Gasteiger partial charge in [0.15, 0.2) is 5.13 Å². The van der Waals surface area contributed by atoms with E-state index in [1.807, 2.05) is 13.8 Å². The molecular weight excluding hydrogens is 350 g/mol. The summed E-state index contributed by atoms with van der Waals surface area (Å²) in [6, 6.07) is 0. The predicted molar refractivity (Wildman–Crippen MR) is 89.5 cm³/mol. The molecule has 0 aliphatic heterocycles. The van der Waals surface area contributed by atoms with Gasteiger partial charge in [0.1, 0.15) is 11.3 Å². The maximum absolute atomic E-state index is 12.7. The highest BCUT2D eigenvalue weighted by atomic mass is 32.1. The first-order valence-electron chi connectivity index (χ1n) is 6.83. The van der Waals surface area contributed by atoms with E-state index in [0.717, 1.165) is 10.4 Å². The van der Waals surface area contributed by atoms with Crippen molar-refractivity contribution in [2.75, 3.05) is 5.32 Å². The number of aryl methyl sites for hydroxylation is 1. The second-order valence-electron chi connectivity index (χ2n) is 4.96. The zero-order valence-corrected chi connectivity index (χ0v) is 14.4. The number of rotatable bonds is 5. The minimum atomic E-state index is -0.469. The quantitative estimate of drug-likeness (QED) is 0.698. The molecule has 0 aliphatic carbocycles. The van der Waals surface area contributed by atoms with Crippen LogP contribution in [0.2, 0.25) is 0 Å². The fourth-order valence-corrected chi connectivity index (χ4v) is 3.85. The van der Waals surface area contributed by atoms with Gasteiger partial charge in [-0.05, 0) is 29.8 Å². The maximum Gasteiger partial charge on any atom is 0.260 e. The second-order valence-corrected chi connectivity index (χ2v) is 7.02. The van der Waals surface area contributed by atoms with Gasteiger partial charge in [0.25, 0.3) is 5.91 Å². The van der Waals surface area contributed by atoms with E-state index < -0.39 is 5.91 Å². The molecule has 3 heterocycles. The van der Waals surface area contributed by atoms with Crippen LogP contribution in [-0.2, 0) is 11.2 Å². The topological polar surface area (TPSA) is 129 Å². The van der Waals surface area contributed by atoms with E-state index in [0.29, 0.717) is 21.4 Å². The molecule has 3 aromatic rings. The number of amides is 2. The Balaban J connectivity index is 1.88. The van der Waals surface area contributed by atoms with Crippen LogP contribution < -0.4 is 11.1 Å². The van der Waals surface area contributed by atoms with Crippen LogP contribution in [-0.4, -0.2) is 37.0 Å². The highest BCUT2D eigenvalue weighted by molar-refractivity contribution is 7.15. The third kappa shape index (κ3) is 3.16. The van der Waals surface area contributed by atoms with Crippen LogP contribution in [0.4, 0.5) is 5.13 Å². The Hall–Kier alpha value is -2.66. The van der Waals surface area contributed by atoms with Crippen LogP contribution >= 0.6 is 22.7 Å². The molecule has 3 rings (SSSR count). The SMILES string of the molecule is Cc1sc(-n2cnnn2)c(C(=O)Nc2nc(CC(N)=O)cs2)c1C. The van der Waals surface area contributed by atoms with Crippen molar-refractivity contribution in [1.29, 1.82) is 0 Å². The summed E-state index contributed by atoms with van der Waals surface area (Å²) in [7, 11) is 0. The summed E-state index contributed by atoms with van der Waals surface area (Å²) in [4.78, 5) is 28.8. The van der Waals surface area contributed by atoms with Crippen molar-refractivity contribution in [3.05, 3.63) is 33.4 Å². The van der Waals surface area contributed by atoms with E-state index in [4.69, 9.17) is 5.73 Å². The van der Waals surface area contributed by atoms with Gasteiger partial charge in [-0.3, -0.25) is 14.9 Å². The minimum Gasteiger partial charge on any atom is -0.369 e. The summed E-state index contributed by atoms with van der Waals surface area (Å²) in [6.45, 7) is 3.80. The molecule has 2 amide bonds. The van der Waals surface area contributed by atoms with Crippen LogP contribution in [0.1, 0.15) is 26.5 Å². The van der Waals surface area contributed by atoms with Gasteiger partial charge in [0.05, 0.1) is 17.7 Å². The van der Waals surface area contributed by atoms with Crippen molar-refractivity contribution >= 4 is 39.6 Å². The van der Waals surface area contributed by atoms with Crippen LogP contribution in [0.3, 0.4) is 0 Å². The molecule has 0 bridgehead atoms. The Kier molecular flexibility index (Phi) is 4.36. The molecule has 3 N–H and O–H groups in total. The molecule has 3 aromatic heterocycles. The molecule has 0 atom stereocenters. The molecule has 0 aliphatic rings. The Labute approximate surface area is 144 Å². The van der Waals surface area contributed by atoms with Gasteiger partial charge in [-0.15, -0.1) is 27.8 Å². The highest BCUT2D eigenvalue weighted by Gasteiger charge is 2.22. The van der Waals surface area contributed by atoms with Gasteiger partial charge >= 0.3 is 0 Å². The van der Waals surface area contributed by atoms with Gasteiger partial charge in [-0.1, -0.05) is 0 Å². The first-order chi connectivity index (χ1) is 11.5. The third-order valence-electron chi connectivity index (χ3n) is 3.28. The Morgan fingerprint density at radius 3 is 2.83 bits per heavy atom. The van der Waals surface area contributed by atoms with Crippen molar-refractivity contribution < 1.29 is 9.59 Å². The minimum absolute atomic E-state index is 0.0405. The molecule has 9 nitrogen and oxygen atoms in total. The summed E-state index contributed by atoms with van der Waals surface area (Å²) in [5.41, 5.74) is 7.03. The zero-order chi connectivity index (χ0) is 17.3. The molecule has 0 aromatic carbocycles. The summed E-state index contributed by atoms with van der Waals surface area (Å²) in [6.07, 6.45) is 1.48. The van der Waals surface area contributed by atoms with Crippen molar-refractivity contribution in [1.82, 2.24) is 25.2 Å². The fourth-order valence-electron chi connectivity index (χ4n) is 2.08. The molecule has 0 saturated carbocycles. The molecular formula is C13H13N7O2S2. The Morgan fingerprint density at radius 2 is 2.17 bits per heavy atom. The monoisotopic (exact) mass is 363 g/mol. The number of hydrogen-bond acceptors (Lipinski definition) is 8. The van der Waals surface area contributed by atoms with Crippen LogP contribution in [0.25, 0.3) is 5.00 Å². The number of nitrogens with one attached hydrogen (secondary N) is 1. The van der Waals surface area contributed by atoms with Crippen LogP contribution in [0, 0.1) is 13.8 Å². The number of hydrogen-bond donors (Lipinski definition) is 2. The summed E-state index contributed by atoms with van der Waals surface area (Å²) < 4.78 is 1.46. The second kappa shape index (κ2) is 6.45. The first-order valence-corrected chi connectivity index (χ1v) is 8.52. The van der Waals surface area contributed by atoms with Crippen molar-refractivity contribution in [2.45, 2.75) is 20.3 Å². The number of tetrazole rings is 1. The Morgan fingerprint density at radius 1 is 1.38 bits per heavy atom. The van der Waals surface area contributed by atoms with Gasteiger partial charge < -0.3 is 5.73 Å². The van der Waals surface area contributed by atoms with E-state index >= 15 is 0 Å². The van der Waals surface area contributed by atoms with Gasteiger partial charge in [-0.2, -0.15) is 4.68 Å². The number of carbonyl (C=O) groups excluding carboxylic acids is 2. The number of primary amides is 1. The van der Waals surface area contributed by atoms with Gasteiger partial charge in [0.2, 0.25) is 5.91 Å². The molecule has 0 saturated heterocycles. The predicted octanol–water partition coefficient (Wildman–Crippen LogP) is 1.08. The fraction of sp³-hybridized carbons (Fsp3) is 0.231. The molecule has 0 spiro atoms. The van der Waals surface area contributed by atoms with Crippen molar-refractivity contribution in [3.8, 4) is 5.00 Å². The lowest BCUT2D eigenvalue weighted by molar-refractivity contribution is -0.117. The highest BCUT2D eigenvalue weighted by Crippen LogP contribution is 2.31. The smallest absolute Gasteiger partial charge is 0.260 e. The number of thiophene rings is 1. The number of carbonyl (C=O) groups is 2. The van der Waals surface area contributed by atoms with Crippen LogP contribution in [0.15, 0.2) is 11.7 Å². The summed E-state index contributed by atoms with van der Waals surface area (Å²) in [5, 5.41) is 16.5. The number of anilines is 1. The lowest BCUT2D eigenvalue weighted by atomic mass is 10.1. The molecule has 0 unspecified atom stereocenters. The number of nitrogens with zero attached hydrogens (tertiary/aromatic N) is 5. The Bertz CT molecular complexity index is 898. The number of thiazole rings is 1. The van der Waals surface area contributed by atoms with Crippen molar-refractivity contribution in [2.24, 2.45) is 5.73 Å². The summed E-state index contributed by atoms with van der Waals surface area (Å²) >= 11 is 2.67. The molecule has 0 fully saturated rings. The normalized spacial score (nSPS) is 10.8. The van der Waals surface area contributed by atoms with Gasteiger partial charge in [-0.25, -0.2) is 4.98 Å². The molecule has 0 radical (unpaired) electrons. The third-order valence-corrected chi connectivity index (χ3v) is 5.28. The summed E-state index contributed by atoms with van der Waals surface area (Å²) in [5.74, 6) is -0.772. The number of nitrogens with two attached hydrogens (primary N) is 1. The van der Waals surface area contributed by atoms with Crippen LogP contribution in [0.5, 0.6) is 0 Å². The molecule has 11 heteroatoms. The average Bonchev–Trinajstić information content (AvgIpc) is 3.21. The van der Waals surface area contributed by atoms with Gasteiger partial charge in [0, 0.05) is 10.3 Å². The van der Waals surface area contributed by atoms with E-state index in [2.05, 4.69) is 25.8 Å². The average molecular weight is 363 g/mol. The van der Waals surface area contributed by atoms with E-state index in [-0.39, 0.29) is 12.3 Å². The maximum atomic E-state index is 12.7. The largest absolute Gasteiger partial charge is 0.369 e. The first kappa shape index (κ1) is 16.2. The van der Waals surface area contributed by atoms with E-state index in [1.54, 1.807) is 5.38 Å². The van der Waals surface area contributed by atoms with E-state index in [1.165, 1.54) is 33.7 Å². The molecule has 24 heavy (non-hydrogen) atoms. The lowest BCUT2D eigenvalue weighted by Crippen LogP contribution is -2.16. The van der Waals surface area contributed by atoms with E-state index in [9.17, 15) is 9.59 Å². The number of aromatic nitrogens is 5. The molecule has 124 valence electrons. The zero-order valence-electron chi connectivity index (χ0n) is 12.8. The standard InChI is InChI=1S/C13H13N7O2S2/c1-6-7(2)24-12(20-5-15-18-19-20)10(6)11(22)17-13-16-8(4-23-13)3-9(14)21/h4-5H,3H2,1-2H3,(H2,14,21)(H,16,17,22). The lowest BCUT2D eigenvalue weighted by Gasteiger charge is -2.04. The van der Waals surface area contributed by atoms with Crippen molar-refractivity contribution in [3.63, 3.8) is 0 Å².